The number of carbonyl (C=O) groups is 3. The van der Waals surface area contributed by atoms with Crippen molar-refractivity contribution in [2.24, 2.45) is 5.10 Å². The van der Waals surface area contributed by atoms with Crippen molar-refractivity contribution in [1.82, 2.24) is 5.43 Å². The highest BCUT2D eigenvalue weighted by atomic mass is 127. The van der Waals surface area contributed by atoms with Gasteiger partial charge < -0.3 is 19.5 Å². The number of amides is 2. The minimum absolute atomic E-state index is 0.00258. The van der Waals surface area contributed by atoms with Gasteiger partial charge in [-0.2, -0.15) is 5.10 Å². The predicted molar refractivity (Wildman–Crippen MR) is 137 cm³/mol. The lowest BCUT2D eigenvalue weighted by atomic mass is 10.2. The number of hydrogen-bond acceptors (Lipinski definition) is 7. The van der Waals surface area contributed by atoms with Crippen LogP contribution in [0.3, 0.4) is 0 Å². The molecule has 0 aliphatic rings. The smallest absolute Gasteiger partial charge is 0.344 e. The molecule has 0 unspecified atom stereocenters. The maximum absolute atomic E-state index is 12.0. The number of aryl methyl sites for hydroxylation is 1. The van der Waals surface area contributed by atoms with Gasteiger partial charge in [0.05, 0.1) is 23.0 Å². The van der Waals surface area contributed by atoms with Crippen LogP contribution < -0.4 is 20.2 Å². The van der Waals surface area contributed by atoms with Gasteiger partial charge in [-0.1, -0.05) is 17.7 Å². The SMILES string of the molecule is CCOC(=O)COc1c(I)cc(C=NNC(=O)CCC(=O)Nc2ccc(C)cc2)cc1OCC. The molecule has 2 amide bonds. The van der Waals surface area contributed by atoms with Gasteiger partial charge in [0, 0.05) is 18.5 Å². The van der Waals surface area contributed by atoms with Crippen LogP contribution in [0.2, 0.25) is 0 Å². The Hall–Kier alpha value is -3.15. The summed E-state index contributed by atoms with van der Waals surface area (Å²) in [6.45, 7) is 5.95. The number of anilines is 1. The van der Waals surface area contributed by atoms with E-state index in [0.29, 0.717) is 32.9 Å². The molecule has 9 nitrogen and oxygen atoms in total. The second kappa shape index (κ2) is 14.2. The van der Waals surface area contributed by atoms with Gasteiger partial charge in [-0.05, 0) is 73.2 Å². The van der Waals surface area contributed by atoms with E-state index in [-0.39, 0.29) is 37.9 Å². The summed E-state index contributed by atoms with van der Waals surface area (Å²) in [5, 5.41) is 6.70. The van der Waals surface area contributed by atoms with Crippen LogP contribution in [0.1, 0.15) is 37.8 Å². The van der Waals surface area contributed by atoms with Gasteiger partial charge in [0.1, 0.15) is 0 Å². The quantitative estimate of drug-likeness (QED) is 0.171. The number of carbonyl (C=O) groups excluding carboxylic acids is 3. The first-order valence-electron chi connectivity index (χ1n) is 10.8. The molecule has 0 bridgehead atoms. The number of hydrogen-bond donors (Lipinski definition) is 2. The van der Waals surface area contributed by atoms with Crippen LogP contribution in [0.25, 0.3) is 0 Å². The third kappa shape index (κ3) is 9.38. The molecule has 0 radical (unpaired) electrons. The van der Waals surface area contributed by atoms with E-state index in [1.165, 1.54) is 6.21 Å². The van der Waals surface area contributed by atoms with Crippen molar-refractivity contribution in [3.05, 3.63) is 51.1 Å². The van der Waals surface area contributed by atoms with Crippen molar-refractivity contribution in [2.75, 3.05) is 25.1 Å². The molecule has 0 atom stereocenters. The second-order valence-corrected chi connectivity index (χ2v) is 8.23. The van der Waals surface area contributed by atoms with E-state index in [0.717, 1.165) is 5.56 Å². The number of esters is 1. The number of nitrogens with one attached hydrogen (secondary N) is 2. The maximum atomic E-state index is 12.0. The Morgan fingerprint density at radius 3 is 2.38 bits per heavy atom. The summed E-state index contributed by atoms with van der Waals surface area (Å²) >= 11 is 2.07. The van der Waals surface area contributed by atoms with Crippen LogP contribution in [0.4, 0.5) is 5.69 Å². The summed E-state index contributed by atoms with van der Waals surface area (Å²) in [5.74, 6) is -0.237. The summed E-state index contributed by atoms with van der Waals surface area (Å²) in [7, 11) is 0. The van der Waals surface area contributed by atoms with Crippen LogP contribution in [0.15, 0.2) is 41.5 Å². The molecule has 2 N–H and O–H groups in total. The minimum Gasteiger partial charge on any atom is -0.490 e. The van der Waals surface area contributed by atoms with Crippen LogP contribution in [-0.4, -0.2) is 43.8 Å². The molecule has 0 saturated carbocycles. The van der Waals surface area contributed by atoms with Crippen molar-refractivity contribution < 1.29 is 28.6 Å². The average Bonchev–Trinajstić information content (AvgIpc) is 2.79. The van der Waals surface area contributed by atoms with E-state index in [1.54, 1.807) is 19.1 Å². The molecule has 2 aromatic rings. The zero-order valence-corrected chi connectivity index (χ0v) is 21.5. The summed E-state index contributed by atoms with van der Waals surface area (Å²) in [6, 6.07) is 10.9. The highest BCUT2D eigenvalue weighted by molar-refractivity contribution is 14.1. The van der Waals surface area contributed by atoms with Crippen molar-refractivity contribution >= 4 is 52.3 Å². The van der Waals surface area contributed by atoms with Gasteiger partial charge in [0.25, 0.3) is 0 Å². The van der Waals surface area contributed by atoms with Crippen molar-refractivity contribution in [3.63, 3.8) is 0 Å². The maximum Gasteiger partial charge on any atom is 0.344 e. The Balaban J connectivity index is 1.89. The predicted octanol–water partition coefficient (Wildman–Crippen LogP) is 3.81. The fraction of sp³-hybridized carbons (Fsp3) is 0.333. The lowest BCUT2D eigenvalue weighted by Gasteiger charge is -2.14. The van der Waals surface area contributed by atoms with E-state index in [1.807, 2.05) is 38.1 Å². The monoisotopic (exact) mass is 581 g/mol. The van der Waals surface area contributed by atoms with Gasteiger partial charge in [-0.3, -0.25) is 9.59 Å². The van der Waals surface area contributed by atoms with Crippen molar-refractivity contribution in [3.8, 4) is 11.5 Å². The first-order chi connectivity index (χ1) is 16.3. The molecule has 10 heteroatoms. The van der Waals surface area contributed by atoms with Crippen molar-refractivity contribution in [1.29, 1.82) is 0 Å². The Morgan fingerprint density at radius 2 is 1.71 bits per heavy atom. The topological polar surface area (TPSA) is 115 Å². The van der Waals surface area contributed by atoms with Gasteiger partial charge in [-0.15, -0.1) is 0 Å². The average molecular weight is 581 g/mol. The molecule has 0 aliphatic heterocycles. The molecule has 0 spiro atoms. The van der Waals surface area contributed by atoms with E-state index in [4.69, 9.17) is 14.2 Å². The summed E-state index contributed by atoms with van der Waals surface area (Å²) in [4.78, 5) is 35.6. The first-order valence-corrected chi connectivity index (χ1v) is 11.8. The normalized spacial score (nSPS) is 10.6. The molecule has 0 aromatic heterocycles. The van der Waals surface area contributed by atoms with Gasteiger partial charge in [0.15, 0.2) is 18.1 Å². The Kier molecular flexibility index (Phi) is 11.3. The molecule has 0 heterocycles. The number of ether oxygens (including phenoxy) is 3. The summed E-state index contributed by atoms with van der Waals surface area (Å²) in [5.41, 5.74) is 4.85. The standard InChI is InChI=1S/C24H28IN3O6/c1-4-32-20-13-17(12-19(25)24(20)34-15-23(31)33-5-2)14-26-28-22(30)11-10-21(29)27-18-8-6-16(3)7-9-18/h6-9,12-14H,4-5,10-11,15H2,1-3H3,(H,27,29)(H,28,30). The Labute approximate surface area is 212 Å². The highest BCUT2D eigenvalue weighted by Crippen LogP contribution is 2.34. The number of rotatable bonds is 12. The largest absolute Gasteiger partial charge is 0.490 e. The Bertz CT molecular complexity index is 1020. The molecular weight excluding hydrogens is 553 g/mol. The Morgan fingerprint density at radius 1 is 1.00 bits per heavy atom. The summed E-state index contributed by atoms with van der Waals surface area (Å²) in [6.07, 6.45) is 1.50. The minimum atomic E-state index is -0.471. The van der Waals surface area contributed by atoms with Gasteiger partial charge in [0.2, 0.25) is 11.8 Å². The molecular formula is C24H28IN3O6. The second-order valence-electron chi connectivity index (χ2n) is 7.06. The molecule has 0 fully saturated rings. The van der Waals surface area contributed by atoms with Crippen LogP contribution in [0, 0.1) is 10.5 Å². The molecule has 2 aromatic carbocycles. The van der Waals surface area contributed by atoms with Gasteiger partial charge >= 0.3 is 5.97 Å². The van der Waals surface area contributed by atoms with Gasteiger partial charge in [-0.25, -0.2) is 10.2 Å². The van der Waals surface area contributed by atoms with E-state index in [9.17, 15) is 14.4 Å². The highest BCUT2D eigenvalue weighted by Gasteiger charge is 2.14. The van der Waals surface area contributed by atoms with E-state index < -0.39 is 5.97 Å². The third-order valence-electron chi connectivity index (χ3n) is 4.29. The number of nitrogens with zero attached hydrogens (tertiary/aromatic N) is 1. The fourth-order valence-corrected chi connectivity index (χ4v) is 3.50. The molecule has 182 valence electrons. The van der Waals surface area contributed by atoms with Crippen LogP contribution in [0.5, 0.6) is 11.5 Å². The zero-order valence-electron chi connectivity index (χ0n) is 19.4. The first kappa shape index (κ1) is 27.1. The summed E-state index contributed by atoms with van der Waals surface area (Å²) < 4.78 is 16.8. The molecule has 34 heavy (non-hydrogen) atoms. The van der Waals surface area contributed by atoms with Crippen molar-refractivity contribution in [2.45, 2.75) is 33.6 Å². The zero-order chi connectivity index (χ0) is 24.9. The molecule has 0 aliphatic carbocycles. The lowest BCUT2D eigenvalue weighted by molar-refractivity contribution is -0.145. The molecule has 0 saturated heterocycles. The fourth-order valence-electron chi connectivity index (χ4n) is 2.72. The third-order valence-corrected chi connectivity index (χ3v) is 5.09. The molecule has 2 rings (SSSR count). The van der Waals surface area contributed by atoms with Crippen LogP contribution >= 0.6 is 22.6 Å². The number of benzene rings is 2. The van der Waals surface area contributed by atoms with Crippen LogP contribution in [-0.2, 0) is 19.1 Å². The van der Waals surface area contributed by atoms with E-state index >= 15 is 0 Å². The number of hydrazone groups is 1. The number of halogens is 1. The van der Waals surface area contributed by atoms with E-state index in [2.05, 4.69) is 38.4 Å². The lowest BCUT2D eigenvalue weighted by Crippen LogP contribution is -2.20.